The van der Waals surface area contributed by atoms with Crippen LogP contribution in [0.15, 0.2) is 12.1 Å². The zero-order valence-electron chi connectivity index (χ0n) is 11.9. The first-order valence-corrected chi connectivity index (χ1v) is 7.58. The lowest BCUT2D eigenvalue weighted by atomic mass is 10.1. The van der Waals surface area contributed by atoms with Crippen LogP contribution in [0.1, 0.15) is 31.4 Å². The first kappa shape index (κ1) is 13.7. The van der Waals surface area contributed by atoms with Crippen LogP contribution < -0.4 is 15.5 Å². The molecular formula is C15H20ClN3O. The summed E-state index contributed by atoms with van der Waals surface area (Å²) in [4.78, 5) is 14.2. The zero-order chi connectivity index (χ0) is 14.3. The number of likely N-dealkylation sites (N-methyl/N-ethyl adjacent to an activating group) is 1. The van der Waals surface area contributed by atoms with E-state index in [1.165, 1.54) is 12.8 Å². The fraction of sp³-hybridized carbons (Fsp3) is 0.533. The van der Waals surface area contributed by atoms with Crippen LogP contribution in [-0.4, -0.2) is 26.0 Å². The number of hydrogen-bond acceptors (Lipinski definition) is 3. The van der Waals surface area contributed by atoms with E-state index >= 15 is 0 Å². The second-order valence-corrected chi connectivity index (χ2v) is 6.02. The van der Waals surface area contributed by atoms with Crippen LogP contribution in [0.2, 0.25) is 5.02 Å². The Balaban J connectivity index is 1.92. The van der Waals surface area contributed by atoms with Gasteiger partial charge in [-0.3, -0.25) is 4.79 Å². The molecule has 3 rings (SSSR count). The van der Waals surface area contributed by atoms with E-state index in [0.717, 1.165) is 41.0 Å². The van der Waals surface area contributed by atoms with E-state index in [0.29, 0.717) is 0 Å². The van der Waals surface area contributed by atoms with E-state index in [1.807, 2.05) is 12.1 Å². The number of rotatable bonds is 3. The van der Waals surface area contributed by atoms with Crippen molar-refractivity contribution in [1.82, 2.24) is 5.32 Å². The number of hydrogen-bond donors (Lipinski definition) is 2. The van der Waals surface area contributed by atoms with Crippen LogP contribution in [-0.2, 0) is 4.79 Å². The van der Waals surface area contributed by atoms with E-state index < -0.39 is 0 Å². The standard InChI is InChI=1S/C15H20ClN3O/c1-3-9-4-5-19(8-9)13-7-12-10(6-11(13)16)14(17-2)15(20)18-12/h6-7,9,14,17H,3-5,8H2,1-2H3,(H,18,20). The molecule has 2 unspecified atom stereocenters. The molecule has 1 amide bonds. The number of anilines is 2. The first-order chi connectivity index (χ1) is 9.63. The minimum Gasteiger partial charge on any atom is -0.370 e. The molecule has 0 bridgehead atoms. The Morgan fingerprint density at radius 1 is 1.50 bits per heavy atom. The van der Waals surface area contributed by atoms with E-state index in [9.17, 15) is 4.79 Å². The lowest BCUT2D eigenvalue weighted by molar-refractivity contribution is -0.117. The third kappa shape index (κ3) is 2.17. The minimum atomic E-state index is -0.293. The van der Waals surface area contributed by atoms with Gasteiger partial charge in [-0.2, -0.15) is 0 Å². The van der Waals surface area contributed by atoms with Crippen molar-refractivity contribution >= 4 is 28.9 Å². The number of nitrogens with zero attached hydrogens (tertiary/aromatic N) is 1. The minimum absolute atomic E-state index is 0.0106. The first-order valence-electron chi connectivity index (χ1n) is 7.20. The Hall–Kier alpha value is -1.26. The summed E-state index contributed by atoms with van der Waals surface area (Å²) in [7, 11) is 1.79. The van der Waals surface area contributed by atoms with E-state index in [2.05, 4.69) is 22.5 Å². The van der Waals surface area contributed by atoms with Crippen molar-refractivity contribution in [2.24, 2.45) is 5.92 Å². The summed E-state index contributed by atoms with van der Waals surface area (Å²) in [6.07, 6.45) is 2.42. The molecule has 2 N–H and O–H groups in total. The Kier molecular flexibility index (Phi) is 3.61. The molecule has 0 radical (unpaired) electrons. The zero-order valence-corrected chi connectivity index (χ0v) is 12.6. The van der Waals surface area contributed by atoms with Gasteiger partial charge < -0.3 is 15.5 Å². The topological polar surface area (TPSA) is 44.4 Å². The number of carbonyl (C=O) groups excluding carboxylic acids is 1. The molecular weight excluding hydrogens is 274 g/mol. The van der Waals surface area contributed by atoms with E-state index in [4.69, 9.17) is 11.6 Å². The van der Waals surface area contributed by atoms with Crippen LogP contribution >= 0.6 is 11.6 Å². The second-order valence-electron chi connectivity index (χ2n) is 5.61. The molecule has 2 heterocycles. The summed E-state index contributed by atoms with van der Waals surface area (Å²) in [5, 5.41) is 6.68. The van der Waals surface area contributed by atoms with Gasteiger partial charge in [0.25, 0.3) is 0 Å². The quantitative estimate of drug-likeness (QED) is 0.901. The van der Waals surface area contributed by atoms with E-state index in [-0.39, 0.29) is 11.9 Å². The number of fused-ring (bicyclic) bond motifs is 1. The molecule has 2 aliphatic heterocycles. The molecule has 1 saturated heterocycles. The third-order valence-corrected chi connectivity index (χ3v) is 4.75. The molecule has 108 valence electrons. The van der Waals surface area contributed by atoms with Gasteiger partial charge in [0.05, 0.1) is 10.7 Å². The van der Waals surface area contributed by atoms with Gasteiger partial charge in [0.15, 0.2) is 0 Å². The summed E-state index contributed by atoms with van der Waals surface area (Å²) in [6, 6.07) is 3.65. The fourth-order valence-electron chi connectivity index (χ4n) is 3.18. The van der Waals surface area contributed by atoms with Gasteiger partial charge in [0.2, 0.25) is 5.91 Å². The Morgan fingerprint density at radius 2 is 2.30 bits per heavy atom. The summed E-state index contributed by atoms with van der Waals surface area (Å²) < 4.78 is 0. The average Bonchev–Trinajstić information content (AvgIpc) is 3.01. The highest BCUT2D eigenvalue weighted by atomic mass is 35.5. The smallest absolute Gasteiger partial charge is 0.246 e. The Bertz CT molecular complexity index is 546. The van der Waals surface area contributed by atoms with E-state index in [1.54, 1.807) is 7.05 Å². The SMILES string of the molecule is CCC1CCN(c2cc3c(cc2Cl)C(NC)C(=O)N3)C1. The highest BCUT2D eigenvalue weighted by molar-refractivity contribution is 6.33. The largest absolute Gasteiger partial charge is 0.370 e. The van der Waals surface area contributed by atoms with Crippen molar-refractivity contribution in [1.29, 1.82) is 0 Å². The molecule has 0 aromatic heterocycles. The highest BCUT2D eigenvalue weighted by Gasteiger charge is 2.31. The van der Waals surface area contributed by atoms with Crippen LogP contribution in [0.4, 0.5) is 11.4 Å². The van der Waals surface area contributed by atoms with Crippen LogP contribution in [0.25, 0.3) is 0 Å². The molecule has 20 heavy (non-hydrogen) atoms. The molecule has 0 aliphatic carbocycles. The highest BCUT2D eigenvalue weighted by Crippen LogP contribution is 2.40. The van der Waals surface area contributed by atoms with Gasteiger partial charge in [-0.15, -0.1) is 0 Å². The van der Waals surface area contributed by atoms with Gasteiger partial charge >= 0.3 is 0 Å². The molecule has 0 saturated carbocycles. The molecule has 4 nitrogen and oxygen atoms in total. The molecule has 1 aromatic rings. The average molecular weight is 294 g/mol. The predicted octanol–water partition coefficient (Wildman–Crippen LogP) is 2.79. The summed E-state index contributed by atoms with van der Waals surface area (Å²) in [6.45, 7) is 4.33. The van der Waals surface area contributed by atoms with Crippen LogP contribution in [0, 0.1) is 5.92 Å². The van der Waals surface area contributed by atoms with Crippen molar-refractivity contribution in [2.45, 2.75) is 25.8 Å². The number of nitrogens with one attached hydrogen (secondary N) is 2. The van der Waals surface area contributed by atoms with Gasteiger partial charge in [0, 0.05) is 24.3 Å². The van der Waals surface area contributed by atoms with Crippen molar-refractivity contribution in [2.75, 3.05) is 30.4 Å². The summed E-state index contributed by atoms with van der Waals surface area (Å²) in [5.74, 6) is 0.738. The van der Waals surface area contributed by atoms with Crippen LogP contribution in [0.3, 0.4) is 0 Å². The third-order valence-electron chi connectivity index (χ3n) is 4.44. The van der Waals surface area contributed by atoms with Crippen molar-refractivity contribution < 1.29 is 4.79 Å². The molecule has 0 spiro atoms. The maximum atomic E-state index is 11.9. The predicted molar refractivity (Wildman–Crippen MR) is 82.5 cm³/mol. The summed E-state index contributed by atoms with van der Waals surface area (Å²) in [5.41, 5.74) is 2.87. The number of amides is 1. The maximum Gasteiger partial charge on any atom is 0.246 e. The van der Waals surface area contributed by atoms with Crippen molar-refractivity contribution in [3.8, 4) is 0 Å². The molecule has 2 aliphatic rings. The van der Waals surface area contributed by atoms with Gasteiger partial charge in [-0.05, 0) is 31.5 Å². The molecule has 1 fully saturated rings. The number of benzene rings is 1. The van der Waals surface area contributed by atoms with Gasteiger partial charge in [0.1, 0.15) is 6.04 Å². The van der Waals surface area contributed by atoms with Gasteiger partial charge in [-0.1, -0.05) is 24.9 Å². The van der Waals surface area contributed by atoms with Crippen LogP contribution in [0.5, 0.6) is 0 Å². The van der Waals surface area contributed by atoms with Gasteiger partial charge in [-0.25, -0.2) is 0 Å². The summed E-state index contributed by atoms with van der Waals surface area (Å²) >= 11 is 6.44. The fourth-order valence-corrected chi connectivity index (χ4v) is 3.48. The number of halogens is 1. The molecule has 2 atom stereocenters. The number of carbonyl (C=O) groups is 1. The monoisotopic (exact) mass is 293 g/mol. The van der Waals surface area contributed by atoms with Crippen molar-refractivity contribution in [3.05, 3.63) is 22.7 Å². The Morgan fingerprint density at radius 3 is 2.95 bits per heavy atom. The van der Waals surface area contributed by atoms with Crippen molar-refractivity contribution in [3.63, 3.8) is 0 Å². The second kappa shape index (κ2) is 5.26. The Labute approximate surface area is 124 Å². The molecule has 5 heteroatoms. The maximum absolute atomic E-state index is 11.9. The lowest BCUT2D eigenvalue weighted by Gasteiger charge is -2.21. The molecule has 1 aromatic carbocycles. The normalized spacial score (nSPS) is 24.9. The lowest BCUT2D eigenvalue weighted by Crippen LogP contribution is -2.23.